The summed E-state index contributed by atoms with van der Waals surface area (Å²) in [7, 11) is 0. The smallest absolute Gasteiger partial charge is 0.335 e. The summed E-state index contributed by atoms with van der Waals surface area (Å²) >= 11 is 0. The molecule has 0 saturated heterocycles. The molecule has 2 aliphatic rings. The maximum Gasteiger partial charge on any atom is 0.335 e. The normalized spacial score (nSPS) is 17.7. The third-order valence-electron chi connectivity index (χ3n) is 8.61. The molecule has 1 aliphatic carbocycles. The molecule has 0 spiro atoms. The molecular weight excluding hydrogens is 484 g/mol. The van der Waals surface area contributed by atoms with Crippen LogP contribution in [0.15, 0.2) is 42.6 Å². The zero-order valence-electron chi connectivity index (χ0n) is 23.7. The molecule has 0 amide bonds. The quantitative estimate of drug-likeness (QED) is 0.293. The summed E-state index contributed by atoms with van der Waals surface area (Å²) in [5.41, 5.74) is 8.61. The van der Waals surface area contributed by atoms with E-state index >= 15 is 0 Å². The van der Waals surface area contributed by atoms with Crippen molar-refractivity contribution in [3.05, 3.63) is 70.4 Å². The minimum atomic E-state index is -0.883. The summed E-state index contributed by atoms with van der Waals surface area (Å²) in [5.74, 6) is -0.225. The van der Waals surface area contributed by atoms with Gasteiger partial charge in [-0.15, -0.1) is 0 Å². The minimum absolute atomic E-state index is 0.196. The highest BCUT2D eigenvalue weighted by molar-refractivity contribution is 6.11. The summed E-state index contributed by atoms with van der Waals surface area (Å²) in [6, 6.07) is 12.5. The predicted molar refractivity (Wildman–Crippen MR) is 159 cm³/mol. The number of Topliss-reactive ketones (excluding diaryl/α,β-unsaturated/α-hetero) is 1. The zero-order valence-corrected chi connectivity index (χ0v) is 23.7. The lowest BCUT2D eigenvalue weighted by Crippen LogP contribution is -2.25. The van der Waals surface area contributed by atoms with Gasteiger partial charge in [0.25, 0.3) is 0 Å². The van der Waals surface area contributed by atoms with Crippen LogP contribution in [0.3, 0.4) is 0 Å². The number of aromatic carboxylic acids is 1. The maximum atomic E-state index is 13.4. The monoisotopic (exact) mass is 526 g/mol. The molecule has 39 heavy (non-hydrogen) atoms. The Labute approximate surface area is 232 Å². The van der Waals surface area contributed by atoms with Crippen molar-refractivity contribution in [2.45, 2.75) is 91.1 Å². The topological polar surface area (TPSA) is 71.3 Å². The van der Waals surface area contributed by atoms with Crippen molar-refractivity contribution in [3.8, 4) is 0 Å². The van der Waals surface area contributed by atoms with Crippen LogP contribution < -0.4 is 5.32 Å². The average Bonchev–Trinajstić information content (AvgIpc) is 3.29. The second-order valence-electron chi connectivity index (χ2n) is 11.7. The predicted octanol–water partition coefficient (Wildman–Crippen LogP) is 7.89. The second kappa shape index (κ2) is 11.9. The Kier molecular flexibility index (Phi) is 8.37. The zero-order chi connectivity index (χ0) is 27.5. The van der Waals surface area contributed by atoms with Crippen LogP contribution >= 0.6 is 0 Å². The standard InChI is InChI=1S/C34H42N2O3/c1-22(2)35-18-17-31(37)30-21-36-19-8-7-12-27(28-13-9-14-29(30)33(28)36)32(24-10-5-4-6-11-24)26-16-15-25(34(38)39)20-23(26)3/h9,13-16,20-22,24,35H,4-8,10-12,17-19H2,1-3H3,(H,38,39)/b32-27+. The van der Waals surface area contributed by atoms with Crippen LogP contribution in [-0.2, 0) is 6.54 Å². The molecular formula is C34H42N2O3. The van der Waals surface area contributed by atoms with Gasteiger partial charge in [-0.1, -0.05) is 57.4 Å². The Morgan fingerprint density at radius 3 is 2.54 bits per heavy atom. The lowest BCUT2D eigenvalue weighted by Gasteiger charge is -2.30. The van der Waals surface area contributed by atoms with Crippen molar-refractivity contribution < 1.29 is 14.7 Å². The fourth-order valence-electron chi connectivity index (χ4n) is 6.73. The Bertz CT molecular complexity index is 1410. The summed E-state index contributed by atoms with van der Waals surface area (Å²) in [6.45, 7) is 7.87. The van der Waals surface area contributed by atoms with E-state index in [0.717, 1.165) is 42.3 Å². The number of para-hydroxylation sites is 1. The van der Waals surface area contributed by atoms with Gasteiger partial charge in [0.05, 0.1) is 11.1 Å². The first-order chi connectivity index (χ1) is 18.8. The van der Waals surface area contributed by atoms with Crippen LogP contribution in [0.25, 0.3) is 22.0 Å². The Balaban J connectivity index is 1.69. The first-order valence-electron chi connectivity index (χ1n) is 14.8. The molecule has 5 rings (SSSR count). The van der Waals surface area contributed by atoms with Crippen molar-refractivity contribution in [1.82, 2.24) is 9.88 Å². The summed E-state index contributed by atoms with van der Waals surface area (Å²) in [4.78, 5) is 25.1. The molecule has 5 heteroatoms. The summed E-state index contributed by atoms with van der Waals surface area (Å²) in [6.07, 6.45) is 11.8. The molecule has 0 radical (unpaired) electrons. The molecule has 2 heterocycles. The molecule has 1 fully saturated rings. The van der Waals surface area contributed by atoms with Crippen molar-refractivity contribution in [2.24, 2.45) is 5.92 Å². The van der Waals surface area contributed by atoms with Gasteiger partial charge >= 0.3 is 5.97 Å². The van der Waals surface area contributed by atoms with E-state index in [-0.39, 0.29) is 5.78 Å². The van der Waals surface area contributed by atoms with Crippen molar-refractivity contribution in [2.75, 3.05) is 6.54 Å². The van der Waals surface area contributed by atoms with Crippen LogP contribution in [0.1, 0.15) is 109 Å². The van der Waals surface area contributed by atoms with Gasteiger partial charge in [0.15, 0.2) is 5.78 Å². The summed E-state index contributed by atoms with van der Waals surface area (Å²) < 4.78 is 2.33. The van der Waals surface area contributed by atoms with Gasteiger partial charge in [-0.25, -0.2) is 4.79 Å². The number of hydrogen-bond donors (Lipinski definition) is 2. The van der Waals surface area contributed by atoms with Crippen LogP contribution in [0.5, 0.6) is 0 Å². The lowest BCUT2D eigenvalue weighted by molar-refractivity contribution is 0.0696. The molecule has 0 bridgehead atoms. The third kappa shape index (κ3) is 5.74. The van der Waals surface area contributed by atoms with Gasteiger partial charge in [0.2, 0.25) is 0 Å². The van der Waals surface area contributed by atoms with E-state index in [4.69, 9.17) is 0 Å². The molecule has 206 valence electrons. The molecule has 2 aromatic carbocycles. The Morgan fingerprint density at radius 1 is 1.03 bits per heavy atom. The number of carbonyl (C=O) groups excluding carboxylic acids is 1. The fraction of sp³-hybridized carbons (Fsp3) is 0.471. The largest absolute Gasteiger partial charge is 0.478 e. The number of aromatic nitrogens is 1. The summed E-state index contributed by atoms with van der Waals surface area (Å²) in [5, 5.41) is 14.0. The van der Waals surface area contributed by atoms with Gasteiger partial charge in [-0.05, 0) is 79.4 Å². The van der Waals surface area contributed by atoms with Crippen LogP contribution in [-0.4, -0.2) is 34.0 Å². The molecule has 5 nitrogen and oxygen atoms in total. The number of carboxylic acids is 1. The molecule has 1 aromatic heterocycles. The fourth-order valence-corrected chi connectivity index (χ4v) is 6.73. The minimum Gasteiger partial charge on any atom is -0.478 e. The number of nitrogens with zero attached hydrogens (tertiary/aromatic N) is 1. The number of allylic oxidation sites excluding steroid dienone is 2. The van der Waals surface area contributed by atoms with Gasteiger partial charge in [0, 0.05) is 48.3 Å². The SMILES string of the molecule is Cc1cc(C(=O)O)ccc1/C(=C1\CCCCn2cc(C(=O)CCNC(C)C)c3cccc1c32)C1CCCCC1. The number of hydrogen-bond acceptors (Lipinski definition) is 3. The highest BCUT2D eigenvalue weighted by Crippen LogP contribution is 2.45. The van der Waals surface area contributed by atoms with Crippen molar-refractivity contribution in [1.29, 1.82) is 0 Å². The van der Waals surface area contributed by atoms with Gasteiger partial charge in [-0.3, -0.25) is 4.79 Å². The Morgan fingerprint density at radius 2 is 1.82 bits per heavy atom. The molecule has 0 atom stereocenters. The number of ketones is 1. The number of carbonyl (C=O) groups is 2. The first-order valence-corrected chi connectivity index (χ1v) is 14.8. The molecule has 1 saturated carbocycles. The van der Waals surface area contributed by atoms with E-state index in [0.29, 0.717) is 30.5 Å². The molecule has 0 unspecified atom stereocenters. The molecule has 3 aromatic rings. The van der Waals surface area contributed by atoms with Gasteiger partial charge in [-0.2, -0.15) is 0 Å². The lowest BCUT2D eigenvalue weighted by atomic mass is 9.75. The van der Waals surface area contributed by atoms with Gasteiger partial charge < -0.3 is 15.0 Å². The van der Waals surface area contributed by atoms with E-state index in [1.54, 1.807) is 6.07 Å². The third-order valence-corrected chi connectivity index (χ3v) is 8.61. The number of carboxylic acid groups (broad SMARTS) is 1. The number of aryl methyl sites for hydroxylation is 2. The number of nitrogens with one attached hydrogen (secondary N) is 1. The first kappa shape index (κ1) is 27.4. The Hall–Kier alpha value is -3.18. The highest BCUT2D eigenvalue weighted by atomic mass is 16.4. The number of benzene rings is 2. The van der Waals surface area contributed by atoms with Gasteiger partial charge in [0.1, 0.15) is 0 Å². The van der Waals surface area contributed by atoms with E-state index in [1.807, 2.05) is 12.1 Å². The maximum absolute atomic E-state index is 13.4. The van der Waals surface area contributed by atoms with Crippen LogP contribution in [0, 0.1) is 12.8 Å². The van der Waals surface area contributed by atoms with Crippen LogP contribution in [0.2, 0.25) is 0 Å². The molecule has 1 aliphatic heterocycles. The highest BCUT2D eigenvalue weighted by Gasteiger charge is 2.27. The van der Waals surface area contributed by atoms with Crippen LogP contribution in [0.4, 0.5) is 0 Å². The van der Waals surface area contributed by atoms with Crippen molar-refractivity contribution >= 4 is 33.8 Å². The van der Waals surface area contributed by atoms with E-state index in [9.17, 15) is 14.7 Å². The molecule has 2 N–H and O–H groups in total. The van der Waals surface area contributed by atoms with Crippen molar-refractivity contribution in [3.63, 3.8) is 0 Å². The average molecular weight is 527 g/mol. The van der Waals surface area contributed by atoms with E-state index in [2.05, 4.69) is 55.1 Å². The number of rotatable bonds is 8. The second-order valence-corrected chi connectivity index (χ2v) is 11.7. The van der Waals surface area contributed by atoms with E-state index < -0.39 is 5.97 Å². The van der Waals surface area contributed by atoms with E-state index in [1.165, 1.54) is 59.9 Å².